The largest absolute Gasteiger partial charge is 0.378 e. The first-order valence-corrected chi connectivity index (χ1v) is 13.9. The molecule has 5 aromatic rings. The van der Waals surface area contributed by atoms with Crippen molar-refractivity contribution in [1.29, 1.82) is 5.26 Å². The van der Waals surface area contributed by atoms with Gasteiger partial charge in [-0.05, 0) is 65.2 Å². The van der Waals surface area contributed by atoms with Crippen molar-refractivity contribution in [3.8, 4) is 28.5 Å². The lowest BCUT2D eigenvalue weighted by Gasteiger charge is -2.28. The van der Waals surface area contributed by atoms with E-state index in [4.69, 9.17) is 4.74 Å². The summed E-state index contributed by atoms with van der Waals surface area (Å²) >= 11 is 0. The molecule has 0 saturated carbocycles. The molecule has 1 fully saturated rings. The lowest BCUT2D eigenvalue weighted by molar-refractivity contribution is 0.0301. The SMILES string of the molecule is N#Cc1ccc(-c2cnc3ccc(-c4ccc(C(=O)N5CCOCC5)c(CN5C(=O)c6ccccc6C5=O)c4)cn23)cc1. The maximum absolute atomic E-state index is 13.7. The first-order valence-electron chi connectivity index (χ1n) is 13.9. The first kappa shape index (κ1) is 26.3. The molecule has 0 radical (unpaired) electrons. The summed E-state index contributed by atoms with van der Waals surface area (Å²) in [6.45, 7) is 1.84. The number of nitrogens with zero attached hydrogens (tertiary/aromatic N) is 5. The minimum absolute atomic E-state index is 0.0323. The molecule has 0 bridgehead atoms. The summed E-state index contributed by atoms with van der Waals surface area (Å²) in [4.78, 5) is 47.6. The van der Waals surface area contributed by atoms with Crippen LogP contribution in [0.5, 0.6) is 0 Å². The zero-order valence-electron chi connectivity index (χ0n) is 23.1. The maximum Gasteiger partial charge on any atom is 0.261 e. The molecule has 43 heavy (non-hydrogen) atoms. The third-order valence-corrected chi connectivity index (χ3v) is 7.99. The van der Waals surface area contributed by atoms with Crippen molar-refractivity contribution in [2.45, 2.75) is 6.54 Å². The molecule has 9 heteroatoms. The molecule has 0 spiro atoms. The molecule has 2 aliphatic rings. The van der Waals surface area contributed by atoms with Crippen LogP contribution in [0.15, 0.2) is 91.3 Å². The van der Waals surface area contributed by atoms with Gasteiger partial charge in [-0.2, -0.15) is 5.26 Å². The predicted octanol–water partition coefficient (Wildman–Crippen LogP) is 4.81. The van der Waals surface area contributed by atoms with Gasteiger partial charge >= 0.3 is 0 Å². The van der Waals surface area contributed by atoms with Crippen LogP contribution in [0, 0.1) is 11.3 Å². The highest BCUT2D eigenvalue weighted by molar-refractivity contribution is 6.21. The molecule has 7 rings (SSSR count). The standard InChI is InChI=1S/C34H25N5O4/c35-18-22-5-7-23(8-6-22)30-19-36-31-12-10-25(20-38(30)31)24-9-11-27(32(40)37-13-15-43-16-14-37)26(17-24)21-39-33(41)28-3-1-2-4-29(28)34(39)42/h1-12,17,19-20H,13-16,21H2. The first-order chi connectivity index (χ1) is 21.0. The molecular weight excluding hydrogens is 542 g/mol. The van der Waals surface area contributed by atoms with Gasteiger partial charge in [0, 0.05) is 30.4 Å². The number of imidazole rings is 1. The van der Waals surface area contributed by atoms with Crippen molar-refractivity contribution in [3.05, 3.63) is 119 Å². The number of morpholine rings is 1. The summed E-state index contributed by atoms with van der Waals surface area (Å²) < 4.78 is 7.41. The highest BCUT2D eigenvalue weighted by Crippen LogP contribution is 2.30. The maximum atomic E-state index is 13.7. The number of hydrogen-bond donors (Lipinski definition) is 0. The van der Waals surface area contributed by atoms with Crippen LogP contribution in [0.25, 0.3) is 28.0 Å². The van der Waals surface area contributed by atoms with E-state index in [1.807, 2.05) is 47.0 Å². The number of hydrogen-bond acceptors (Lipinski definition) is 6. The molecule has 2 aromatic heterocycles. The Morgan fingerprint density at radius 2 is 1.53 bits per heavy atom. The van der Waals surface area contributed by atoms with Crippen LogP contribution in [0.2, 0.25) is 0 Å². The summed E-state index contributed by atoms with van der Waals surface area (Å²) in [5, 5.41) is 9.17. The fraction of sp³-hybridized carbons (Fsp3) is 0.147. The summed E-state index contributed by atoms with van der Waals surface area (Å²) in [6, 6.07) is 25.7. The summed E-state index contributed by atoms with van der Waals surface area (Å²) in [5.74, 6) is -0.903. The molecule has 2 aliphatic heterocycles. The number of carbonyl (C=O) groups is 3. The number of fused-ring (bicyclic) bond motifs is 2. The zero-order chi connectivity index (χ0) is 29.5. The van der Waals surface area contributed by atoms with Crippen LogP contribution < -0.4 is 0 Å². The van der Waals surface area contributed by atoms with Gasteiger partial charge in [-0.15, -0.1) is 0 Å². The van der Waals surface area contributed by atoms with Crippen molar-refractivity contribution in [3.63, 3.8) is 0 Å². The van der Waals surface area contributed by atoms with Crippen LogP contribution >= 0.6 is 0 Å². The van der Waals surface area contributed by atoms with E-state index < -0.39 is 0 Å². The Morgan fingerprint density at radius 3 is 2.23 bits per heavy atom. The Hall–Kier alpha value is -5.59. The predicted molar refractivity (Wildman–Crippen MR) is 158 cm³/mol. The molecule has 0 N–H and O–H groups in total. The van der Waals surface area contributed by atoms with E-state index >= 15 is 0 Å². The number of ether oxygens (including phenoxy) is 1. The Labute approximate surface area is 247 Å². The van der Waals surface area contributed by atoms with Crippen molar-refractivity contribution >= 4 is 23.4 Å². The fourth-order valence-corrected chi connectivity index (χ4v) is 5.68. The van der Waals surface area contributed by atoms with Gasteiger partial charge in [-0.3, -0.25) is 23.7 Å². The van der Waals surface area contributed by atoms with Gasteiger partial charge in [0.05, 0.1) is 54.4 Å². The number of carbonyl (C=O) groups excluding carboxylic acids is 3. The molecule has 1 saturated heterocycles. The van der Waals surface area contributed by atoms with Gasteiger partial charge in [-0.1, -0.05) is 30.3 Å². The number of pyridine rings is 1. The van der Waals surface area contributed by atoms with E-state index in [1.54, 1.807) is 53.6 Å². The number of aromatic nitrogens is 2. The second kappa shape index (κ2) is 10.7. The number of nitriles is 1. The minimum Gasteiger partial charge on any atom is -0.378 e. The van der Waals surface area contributed by atoms with Crippen LogP contribution in [-0.2, 0) is 11.3 Å². The number of benzene rings is 3. The number of amides is 3. The lowest BCUT2D eigenvalue weighted by Crippen LogP contribution is -2.41. The number of imide groups is 1. The average molecular weight is 568 g/mol. The Morgan fingerprint density at radius 1 is 0.860 bits per heavy atom. The monoisotopic (exact) mass is 567 g/mol. The van der Waals surface area contributed by atoms with Gasteiger partial charge in [0.2, 0.25) is 0 Å². The van der Waals surface area contributed by atoms with Crippen LogP contribution in [0.1, 0.15) is 42.2 Å². The smallest absolute Gasteiger partial charge is 0.261 e. The van der Waals surface area contributed by atoms with E-state index in [0.29, 0.717) is 54.1 Å². The third kappa shape index (κ3) is 4.64. The molecule has 4 heterocycles. The summed E-state index contributed by atoms with van der Waals surface area (Å²) in [6.07, 6.45) is 3.76. The van der Waals surface area contributed by atoms with E-state index in [2.05, 4.69) is 11.1 Å². The van der Waals surface area contributed by atoms with Crippen molar-refractivity contribution in [2.75, 3.05) is 26.3 Å². The quantitative estimate of drug-likeness (QED) is 0.282. The Balaban J connectivity index is 1.29. The molecular formula is C34H25N5O4. The van der Waals surface area contributed by atoms with E-state index in [0.717, 1.165) is 28.0 Å². The van der Waals surface area contributed by atoms with E-state index in [9.17, 15) is 19.6 Å². The van der Waals surface area contributed by atoms with Gasteiger partial charge in [-0.25, -0.2) is 4.98 Å². The Kier molecular flexibility index (Phi) is 6.53. The molecule has 0 aliphatic carbocycles. The highest BCUT2D eigenvalue weighted by atomic mass is 16.5. The van der Waals surface area contributed by atoms with Crippen LogP contribution in [0.3, 0.4) is 0 Å². The average Bonchev–Trinajstić information content (AvgIpc) is 3.59. The lowest BCUT2D eigenvalue weighted by atomic mass is 9.98. The Bertz CT molecular complexity index is 1930. The van der Waals surface area contributed by atoms with E-state index in [-0.39, 0.29) is 24.3 Å². The van der Waals surface area contributed by atoms with Gasteiger partial charge < -0.3 is 9.64 Å². The zero-order valence-corrected chi connectivity index (χ0v) is 23.1. The van der Waals surface area contributed by atoms with Gasteiger partial charge in [0.1, 0.15) is 5.65 Å². The van der Waals surface area contributed by atoms with Crippen molar-refractivity contribution in [1.82, 2.24) is 19.2 Å². The molecule has 3 amide bonds. The van der Waals surface area contributed by atoms with Crippen molar-refractivity contribution in [2.24, 2.45) is 0 Å². The molecule has 0 atom stereocenters. The number of rotatable bonds is 5. The normalized spacial score (nSPS) is 14.7. The molecule has 0 unspecified atom stereocenters. The summed E-state index contributed by atoms with van der Waals surface area (Å²) in [7, 11) is 0. The van der Waals surface area contributed by atoms with E-state index in [1.165, 1.54) is 4.90 Å². The van der Waals surface area contributed by atoms with Crippen LogP contribution in [0.4, 0.5) is 0 Å². The third-order valence-electron chi connectivity index (χ3n) is 7.99. The molecule has 3 aromatic carbocycles. The highest BCUT2D eigenvalue weighted by Gasteiger charge is 2.36. The van der Waals surface area contributed by atoms with Crippen molar-refractivity contribution < 1.29 is 19.1 Å². The molecule has 210 valence electrons. The second-order valence-corrected chi connectivity index (χ2v) is 10.5. The topological polar surface area (TPSA) is 108 Å². The summed E-state index contributed by atoms with van der Waals surface area (Å²) in [5.41, 5.74) is 6.58. The second-order valence-electron chi connectivity index (χ2n) is 10.5. The molecule has 9 nitrogen and oxygen atoms in total. The van der Waals surface area contributed by atoms with Crippen LogP contribution in [-0.4, -0.2) is 63.2 Å². The minimum atomic E-state index is -0.373. The van der Waals surface area contributed by atoms with Gasteiger partial charge in [0.25, 0.3) is 17.7 Å². The fourth-order valence-electron chi connectivity index (χ4n) is 5.68. The van der Waals surface area contributed by atoms with Gasteiger partial charge in [0.15, 0.2) is 0 Å².